The fourth-order valence-corrected chi connectivity index (χ4v) is 4.40. The van der Waals surface area contributed by atoms with Gasteiger partial charge in [-0.3, -0.25) is 24.8 Å². The molecule has 1 aromatic rings. The Labute approximate surface area is 210 Å². The number of aliphatic hydroxyl groups excluding tert-OH is 1. The van der Waals surface area contributed by atoms with Crippen molar-refractivity contribution in [1.82, 2.24) is 20.0 Å². The van der Waals surface area contributed by atoms with Crippen LogP contribution in [0.3, 0.4) is 0 Å². The molecular weight excluding hydrogens is 468 g/mol. The Morgan fingerprint density at radius 1 is 1.17 bits per heavy atom. The predicted octanol–water partition coefficient (Wildman–Crippen LogP) is -0.580. The van der Waals surface area contributed by atoms with E-state index >= 15 is 0 Å². The van der Waals surface area contributed by atoms with E-state index in [0.29, 0.717) is 29.8 Å². The van der Waals surface area contributed by atoms with Gasteiger partial charge in [0.2, 0.25) is 11.9 Å². The van der Waals surface area contributed by atoms with Crippen LogP contribution in [0, 0.1) is 0 Å². The van der Waals surface area contributed by atoms with Crippen LogP contribution in [0.15, 0.2) is 29.3 Å². The molecule has 3 amide bonds. The smallest absolute Gasteiger partial charge is 0.390 e. The number of imide groups is 1. The van der Waals surface area contributed by atoms with Crippen LogP contribution < -0.4 is 14.8 Å². The van der Waals surface area contributed by atoms with E-state index in [1.807, 2.05) is 0 Å². The number of hydrogen-bond donors (Lipinski definition) is 2. The van der Waals surface area contributed by atoms with E-state index in [2.05, 4.69) is 15.2 Å². The number of carbonyl (C=O) groups is 2. The second-order valence-electron chi connectivity index (χ2n) is 8.96. The molecule has 1 aromatic carbocycles. The lowest BCUT2D eigenvalue weighted by atomic mass is 10.1. The number of nitrogens with zero attached hydrogens (tertiary/aromatic N) is 5. The fraction of sp³-hybridized carbons (Fsp3) is 0.583. The summed E-state index contributed by atoms with van der Waals surface area (Å²) < 4.78 is 18.0. The standard InChI is InChI=1S/C24H34N6O6/c1-27-21-20(22(32)28(2)24(27)33)30(15-17(31)16-36-19-7-5-18(34-3)6-8-19)23(26-21)25-9-4-10-29-11-13-35-14-12-29/h5-8,17,20,31H,4,9-16H2,1-3H3/p+1. The van der Waals surface area contributed by atoms with Gasteiger partial charge in [-0.25, -0.2) is 9.37 Å². The molecule has 12 nitrogen and oxygen atoms in total. The highest BCUT2D eigenvalue weighted by Gasteiger charge is 2.51. The molecule has 2 saturated heterocycles. The first kappa shape index (κ1) is 25.9. The fourth-order valence-electron chi connectivity index (χ4n) is 4.40. The number of amides is 3. The highest BCUT2D eigenvalue weighted by atomic mass is 16.5. The lowest BCUT2D eigenvalue weighted by Gasteiger charge is -2.32. The molecule has 0 radical (unpaired) electrons. The van der Waals surface area contributed by atoms with Gasteiger partial charge in [0.1, 0.15) is 24.2 Å². The lowest BCUT2D eigenvalue weighted by molar-refractivity contribution is -0.545. The van der Waals surface area contributed by atoms with Crippen molar-refractivity contribution in [2.24, 2.45) is 4.99 Å². The van der Waals surface area contributed by atoms with E-state index in [9.17, 15) is 14.7 Å². The van der Waals surface area contributed by atoms with Crippen molar-refractivity contribution in [3.05, 3.63) is 24.3 Å². The summed E-state index contributed by atoms with van der Waals surface area (Å²) in [5.74, 6) is 1.73. The number of likely N-dealkylation sites (N-methyl/N-ethyl adjacent to an activating group) is 2. The molecule has 36 heavy (non-hydrogen) atoms. The number of amidine groups is 1. The quantitative estimate of drug-likeness (QED) is 0.322. The monoisotopic (exact) mass is 503 g/mol. The second-order valence-corrected chi connectivity index (χ2v) is 8.96. The maximum atomic E-state index is 13.0. The largest absolute Gasteiger partial charge is 0.497 e. The number of carbonyl (C=O) groups excluding carboxylic acids is 2. The van der Waals surface area contributed by atoms with Gasteiger partial charge in [0.15, 0.2) is 0 Å². The molecule has 4 rings (SSSR count). The molecule has 2 unspecified atom stereocenters. The highest BCUT2D eigenvalue weighted by Crippen LogP contribution is 2.20. The number of β-amino-alcohol motifs (C(OH)–C–C–N with tert-alkyl or cyclic N) is 1. The average molecular weight is 504 g/mol. The van der Waals surface area contributed by atoms with Gasteiger partial charge in [0, 0.05) is 33.7 Å². The molecule has 2 N–H and O–H groups in total. The first-order valence-corrected chi connectivity index (χ1v) is 12.2. The number of aliphatic hydroxyl groups is 1. The summed E-state index contributed by atoms with van der Waals surface area (Å²) >= 11 is 0. The van der Waals surface area contributed by atoms with E-state index in [1.54, 1.807) is 43.0 Å². The van der Waals surface area contributed by atoms with Crippen molar-refractivity contribution in [1.29, 1.82) is 0 Å². The van der Waals surface area contributed by atoms with Crippen molar-refractivity contribution >= 4 is 23.7 Å². The van der Waals surface area contributed by atoms with E-state index in [4.69, 9.17) is 14.2 Å². The number of morpholine rings is 1. The van der Waals surface area contributed by atoms with E-state index < -0.39 is 18.2 Å². The zero-order valence-corrected chi connectivity index (χ0v) is 21.1. The Bertz CT molecular complexity index is 1010. The minimum Gasteiger partial charge on any atom is -0.497 e. The number of guanidine groups is 1. The Morgan fingerprint density at radius 2 is 1.86 bits per heavy atom. The van der Waals surface area contributed by atoms with Crippen LogP contribution in [0.1, 0.15) is 6.42 Å². The summed E-state index contributed by atoms with van der Waals surface area (Å²) in [6.07, 6.45) is -0.0358. The van der Waals surface area contributed by atoms with Crippen LogP contribution in [0.5, 0.6) is 11.5 Å². The van der Waals surface area contributed by atoms with Crippen molar-refractivity contribution in [2.45, 2.75) is 18.6 Å². The average Bonchev–Trinajstić information content (AvgIpc) is 3.26. The molecule has 0 aromatic heterocycles. The van der Waals surface area contributed by atoms with Crippen LogP contribution in [-0.4, -0.2) is 134 Å². The Morgan fingerprint density at radius 3 is 2.56 bits per heavy atom. The zero-order valence-electron chi connectivity index (χ0n) is 21.1. The van der Waals surface area contributed by atoms with Crippen molar-refractivity contribution in [2.75, 3.05) is 73.7 Å². The van der Waals surface area contributed by atoms with Crippen LogP contribution in [0.25, 0.3) is 0 Å². The molecule has 0 bridgehead atoms. The minimum atomic E-state index is -0.909. The molecule has 0 aliphatic carbocycles. The molecule has 12 heteroatoms. The molecule has 196 valence electrons. The number of hydrogen-bond acceptors (Lipinski definition) is 9. The van der Waals surface area contributed by atoms with Crippen molar-refractivity contribution in [3.8, 4) is 11.5 Å². The molecule has 3 aliphatic rings. The maximum Gasteiger partial charge on any atom is 0.390 e. The molecule has 2 atom stereocenters. The number of fused-ring (bicyclic) bond motifs is 1. The summed E-state index contributed by atoms with van der Waals surface area (Å²) in [7, 11) is 4.64. The first-order valence-electron chi connectivity index (χ1n) is 12.2. The topological polar surface area (TPSA) is 119 Å². The highest BCUT2D eigenvalue weighted by molar-refractivity contribution is 6.22. The van der Waals surface area contributed by atoms with Gasteiger partial charge in [-0.15, -0.1) is 0 Å². The molecule has 3 heterocycles. The van der Waals surface area contributed by atoms with Crippen LogP contribution in [0.4, 0.5) is 4.79 Å². The SMILES string of the molecule is COc1ccc(OCC(O)C[N+]2=C(NCCCN3CCOCC3)N=C3C2C(=O)N(C)C(=O)N3C)cc1. The molecule has 0 spiro atoms. The summed E-state index contributed by atoms with van der Waals surface area (Å²) in [5.41, 5.74) is 0. The minimum absolute atomic E-state index is 0.0218. The van der Waals surface area contributed by atoms with Crippen molar-refractivity contribution in [3.63, 3.8) is 0 Å². The number of benzene rings is 1. The summed E-state index contributed by atoms with van der Waals surface area (Å²) in [4.78, 5) is 34.9. The second kappa shape index (κ2) is 11.7. The van der Waals surface area contributed by atoms with Gasteiger partial charge < -0.3 is 19.3 Å². The molecule has 2 fully saturated rings. The lowest BCUT2D eigenvalue weighted by Crippen LogP contribution is -2.62. The third-order valence-electron chi connectivity index (χ3n) is 6.48. The van der Waals surface area contributed by atoms with Gasteiger partial charge in [-0.1, -0.05) is 4.99 Å². The van der Waals surface area contributed by atoms with Gasteiger partial charge >= 0.3 is 12.0 Å². The number of rotatable bonds is 10. The van der Waals surface area contributed by atoms with Crippen LogP contribution in [-0.2, 0) is 9.53 Å². The van der Waals surface area contributed by atoms with Crippen LogP contribution in [0.2, 0.25) is 0 Å². The van der Waals surface area contributed by atoms with Gasteiger partial charge in [0.05, 0.1) is 33.4 Å². The molecule has 0 saturated carbocycles. The number of aliphatic imine (C=N–C) groups is 1. The Hall–Kier alpha value is -3.22. The Balaban J connectivity index is 1.42. The number of urea groups is 1. The number of methoxy groups -OCH3 is 1. The maximum absolute atomic E-state index is 13.0. The number of ether oxygens (including phenoxy) is 3. The van der Waals surface area contributed by atoms with E-state index in [-0.39, 0.29) is 19.1 Å². The van der Waals surface area contributed by atoms with Crippen LogP contribution >= 0.6 is 0 Å². The van der Waals surface area contributed by atoms with Gasteiger partial charge in [0.25, 0.3) is 5.91 Å². The number of nitrogens with one attached hydrogen (secondary N) is 1. The summed E-state index contributed by atoms with van der Waals surface area (Å²) in [6.45, 7) is 5.01. The molecule has 3 aliphatic heterocycles. The first-order chi connectivity index (χ1) is 17.4. The predicted molar refractivity (Wildman–Crippen MR) is 132 cm³/mol. The third kappa shape index (κ3) is 5.77. The van der Waals surface area contributed by atoms with E-state index in [1.165, 1.54) is 11.9 Å². The van der Waals surface area contributed by atoms with E-state index in [0.717, 1.165) is 44.2 Å². The Kier molecular flexibility index (Phi) is 8.39. The zero-order chi connectivity index (χ0) is 25.7. The normalized spacial score (nSPS) is 21.4. The third-order valence-corrected chi connectivity index (χ3v) is 6.48. The summed E-state index contributed by atoms with van der Waals surface area (Å²) in [5, 5.41) is 14.1. The molecular formula is C24H35N6O6+. The summed E-state index contributed by atoms with van der Waals surface area (Å²) in [6, 6.07) is 5.84. The van der Waals surface area contributed by atoms with Gasteiger partial charge in [-0.05, 0) is 30.7 Å². The van der Waals surface area contributed by atoms with Gasteiger partial charge in [-0.2, -0.15) is 0 Å². The van der Waals surface area contributed by atoms with Crippen molar-refractivity contribution < 1.29 is 33.5 Å².